The van der Waals surface area contributed by atoms with Crippen LogP contribution in [0.4, 0.5) is 0 Å². The third-order valence-corrected chi connectivity index (χ3v) is 6.12. The molecule has 6 heteroatoms. The van der Waals surface area contributed by atoms with E-state index in [0.717, 1.165) is 30.4 Å². The van der Waals surface area contributed by atoms with E-state index in [-0.39, 0.29) is 5.75 Å². The molecule has 1 aromatic rings. The quantitative estimate of drug-likeness (QED) is 0.899. The zero-order valence-corrected chi connectivity index (χ0v) is 12.3. The van der Waals surface area contributed by atoms with Crippen molar-refractivity contribution in [1.82, 2.24) is 8.61 Å². The van der Waals surface area contributed by atoms with Gasteiger partial charge in [0.15, 0.2) is 0 Å². The van der Waals surface area contributed by atoms with Crippen LogP contribution in [-0.2, 0) is 23.2 Å². The highest BCUT2D eigenvalue weighted by Gasteiger charge is 2.32. The molecule has 3 rings (SSSR count). The van der Waals surface area contributed by atoms with Crippen LogP contribution in [-0.4, -0.2) is 41.8 Å². The van der Waals surface area contributed by atoms with Gasteiger partial charge in [-0.05, 0) is 42.5 Å². The summed E-state index contributed by atoms with van der Waals surface area (Å²) in [4.78, 5) is 0. The number of benzene rings is 1. The molecule has 110 valence electrons. The second-order valence-electron chi connectivity index (χ2n) is 5.50. The predicted octanol–water partition coefficient (Wildman–Crippen LogP) is 1.48. The van der Waals surface area contributed by atoms with E-state index in [1.165, 1.54) is 0 Å². The number of fused-ring (bicyclic) bond motifs is 1. The van der Waals surface area contributed by atoms with Crippen molar-refractivity contribution >= 4 is 10.2 Å². The lowest BCUT2D eigenvalue weighted by atomic mass is 10.0. The topological polar surface area (TPSA) is 60.9 Å². The summed E-state index contributed by atoms with van der Waals surface area (Å²) in [5, 5.41) is 9.55. The second-order valence-corrected chi connectivity index (χ2v) is 7.43. The summed E-state index contributed by atoms with van der Waals surface area (Å²) < 4.78 is 28.4. The van der Waals surface area contributed by atoms with E-state index in [4.69, 9.17) is 0 Å². The largest absolute Gasteiger partial charge is 0.508 e. The van der Waals surface area contributed by atoms with Crippen molar-refractivity contribution in [3.8, 4) is 5.75 Å². The number of phenols is 1. The fourth-order valence-electron chi connectivity index (χ4n) is 2.97. The van der Waals surface area contributed by atoms with Crippen LogP contribution in [0.1, 0.15) is 30.4 Å². The summed E-state index contributed by atoms with van der Waals surface area (Å²) >= 11 is 0. The minimum absolute atomic E-state index is 0.195. The standard InChI is InChI=1S/C14H20N2O3S/c17-14-5-4-12-6-9-16(11-13(12)10-14)20(18,19)15-7-2-1-3-8-15/h4-5,10,17H,1-3,6-9,11H2. The van der Waals surface area contributed by atoms with E-state index in [9.17, 15) is 13.5 Å². The van der Waals surface area contributed by atoms with Crippen molar-refractivity contribution < 1.29 is 13.5 Å². The minimum Gasteiger partial charge on any atom is -0.508 e. The second kappa shape index (κ2) is 5.35. The van der Waals surface area contributed by atoms with Gasteiger partial charge in [0.2, 0.25) is 0 Å². The lowest BCUT2D eigenvalue weighted by Gasteiger charge is -2.34. The smallest absolute Gasteiger partial charge is 0.282 e. The van der Waals surface area contributed by atoms with E-state index in [1.807, 2.05) is 6.07 Å². The maximum absolute atomic E-state index is 12.6. The zero-order valence-electron chi connectivity index (χ0n) is 11.5. The van der Waals surface area contributed by atoms with Crippen LogP contribution in [0.2, 0.25) is 0 Å². The molecule has 0 aliphatic carbocycles. The third-order valence-electron chi connectivity index (χ3n) is 4.13. The summed E-state index contributed by atoms with van der Waals surface area (Å²) in [5.74, 6) is 0.195. The average Bonchev–Trinajstić information content (AvgIpc) is 2.47. The molecule has 0 bridgehead atoms. The minimum atomic E-state index is -3.36. The van der Waals surface area contributed by atoms with E-state index >= 15 is 0 Å². The molecule has 1 saturated heterocycles. The van der Waals surface area contributed by atoms with Gasteiger partial charge in [0.1, 0.15) is 5.75 Å². The lowest BCUT2D eigenvalue weighted by Crippen LogP contribution is -2.47. The normalized spacial score (nSPS) is 21.6. The maximum Gasteiger partial charge on any atom is 0.282 e. The molecule has 2 heterocycles. The molecule has 1 fully saturated rings. The molecular formula is C14H20N2O3S. The Hall–Kier alpha value is -1.11. The first kappa shape index (κ1) is 13.9. The van der Waals surface area contributed by atoms with Crippen LogP contribution in [0.3, 0.4) is 0 Å². The van der Waals surface area contributed by atoms with E-state index in [1.54, 1.807) is 20.7 Å². The van der Waals surface area contributed by atoms with Gasteiger partial charge in [-0.25, -0.2) is 0 Å². The van der Waals surface area contributed by atoms with E-state index in [0.29, 0.717) is 32.6 Å². The van der Waals surface area contributed by atoms with Crippen LogP contribution >= 0.6 is 0 Å². The molecule has 1 aromatic carbocycles. The summed E-state index contributed by atoms with van der Waals surface area (Å²) in [6, 6.07) is 5.22. The Balaban J connectivity index is 1.82. The number of hydrogen-bond acceptors (Lipinski definition) is 3. The molecule has 20 heavy (non-hydrogen) atoms. The van der Waals surface area contributed by atoms with Gasteiger partial charge < -0.3 is 5.11 Å². The van der Waals surface area contributed by atoms with Crippen molar-refractivity contribution in [3.63, 3.8) is 0 Å². The Morgan fingerprint density at radius 3 is 2.45 bits per heavy atom. The molecule has 0 aromatic heterocycles. The van der Waals surface area contributed by atoms with Gasteiger partial charge in [0.25, 0.3) is 10.2 Å². The number of aromatic hydroxyl groups is 1. The van der Waals surface area contributed by atoms with Gasteiger partial charge >= 0.3 is 0 Å². The van der Waals surface area contributed by atoms with Crippen molar-refractivity contribution in [1.29, 1.82) is 0 Å². The van der Waals surface area contributed by atoms with E-state index in [2.05, 4.69) is 0 Å². The molecule has 0 saturated carbocycles. The summed E-state index contributed by atoms with van der Waals surface area (Å²) in [6.45, 7) is 2.15. The molecule has 0 spiro atoms. The number of piperidine rings is 1. The molecule has 1 N–H and O–H groups in total. The van der Waals surface area contributed by atoms with Crippen LogP contribution < -0.4 is 0 Å². The number of phenolic OH excluding ortho intramolecular Hbond substituents is 1. The number of rotatable bonds is 2. The number of nitrogens with zero attached hydrogens (tertiary/aromatic N) is 2. The maximum atomic E-state index is 12.6. The Labute approximate surface area is 120 Å². The van der Waals surface area contributed by atoms with Crippen LogP contribution in [0.25, 0.3) is 0 Å². The first-order chi connectivity index (χ1) is 9.57. The molecule has 0 atom stereocenters. The summed E-state index contributed by atoms with van der Waals surface area (Å²) in [7, 11) is -3.36. The summed E-state index contributed by atoms with van der Waals surface area (Å²) in [6.07, 6.45) is 3.72. The van der Waals surface area contributed by atoms with Crippen molar-refractivity contribution in [2.75, 3.05) is 19.6 Å². The summed E-state index contributed by atoms with van der Waals surface area (Å²) in [5.41, 5.74) is 2.05. The van der Waals surface area contributed by atoms with Crippen molar-refractivity contribution in [3.05, 3.63) is 29.3 Å². The van der Waals surface area contributed by atoms with Gasteiger partial charge in [-0.1, -0.05) is 12.5 Å². The molecule has 5 nitrogen and oxygen atoms in total. The fourth-order valence-corrected chi connectivity index (χ4v) is 4.64. The third kappa shape index (κ3) is 2.55. The molecule has 0 amide bonds. The monoisotopic (exact) mass is 296 g/mol. The van der Waals surface area contributed by atoms with Crippen LogP contribution in [0.5, 0.6) is 5.75 Å². The van der Waals surface area contributed by atoms with Gasteiger partial charge in [-0.15, -0.1) is 0 Å². The van der Waals surface area contributed by atoms with Crippen LogP contribution in [0.15, 0.2) is 18.2 Å². The zero-order chi connectivity index (χ0) is 14.2. The Bertz CT molecular complexity index is 594. The Kier molecular flexibility index (Phi) is 3.70. The molecule has 2 aliphatic rings. The van der Waals surface area contributed by atoms with Gasteiger partial charge in [0, 0.05) is 26.2 Å². The first-order valence-corrected chi connectivity index (χ1v) is 8.53. The Morgan fingerprint density at radius 2 is 1.70 bits per heavy atom. The predicted molar refractivity (Wildman–Crippen MR) is 76.6 cm³/mol. The van der Waals surface area contributed by atoms with E-state index < -0.39 is 10.2 Å². The van der Waals surface area contributed by atoms with Crippen molar-refractivity contribution in [2.45, 2.75) is 32.2 Å². The molecule has 0 radical (unpaired) electrons. The highest BCUT2D eigenvalue weighted by atomic mass is 32.2. The molecular weight excluding hydrogens is 276 g/mol. The highest BCUT2D eigenvalue weighted by Crippen LogP contribution is 2.26. The Morgan fingerprint density at radius 1 is 0.950 bits per heavy atom. The van der Waals surface area contributed by atoms with Gasteiger partial charge in [-0.2, -0.15) is 17.0 Å². The number of hydrogen-bond donors (Lipinski definition) is 1. The fraction of sp³-hybridized carbons (Fsp3) is 0.571. The average molecular weight is 296 g/mol. The lowest BCUT2D eigenvalue weighted by molar-refractivity contribution is 0.295. The first-order valence-electron chi connectivity index (χ1n) is 7.13. The molecule has 2 aliphatic heterocycles. The van der Waals surface area contributed by atoms with Gasteiger partial charge in [-0.3, -0.25) is 0 Å². The molecule has 0 unspecified atom stereocenters. The van der Waals surface area contributed by atoms with Crippen LogP contribution in [0, 0.1) is 0 Å². The van der Waals surface area contributed by atoms with Crippen molar-refractivity contribution in [2.24, 2.45) is 0 Å². The highest BCUT2D eigenvalue weighted by molar-refractivity contribution is 7.86. The SMILES string of the molecule is O=S(=O)(N1CCCCC1)N1CCc2ccc(O)cc2C1. The van der Waals surface area contributed by atoms with Gasteiger partial charge in [0.05, 0.1) is 0 Å².